The van der Waals surface area contributed by atoms with Gasteiger partial charge in [0.1, 0.15) is 5.76 Å². The van der Waals surface area contributed by atoms with Crippen molar-refractivity contribution < 1.29 is 13.6 Å². The Morgan fingerprint density at radius 1 is 1.00 bits per heavy atom. The highest BCUT2D eigenvalue weighted by Crippen LogP contribution is 2.19. The zero-order chi connectivity index (χ0) is 15.4. The molecule has 0 aliphatic rings. The Kier molecular flexibility index (Phi) is 4.44. The standard InChI is InChI=1S/C17H14BrNO3/c18-16-9-8-15(22-16)17(20)19(12-14-7-4-10-21-14)11-13-5-2-1-3-6-13/h1-10H,11-12H2. The average Bonchev–Trinajstić information content (AvgIpc) is 3.18. The highest BCUT2D eigenvalue weighted by Gasteiger charge is 2.20. The normalized spacial score (nSPS) is 10.6. The van der Waals surface area contributed by atoms with Gasteiger partial charge >= 0.3 is 0 Å². The molecule has 3 rings (SSSR count). The van der Waals surface area contributed by atoms with Gasteiger partial charge in [0.15, 0.2) is 10.4 Å². The van der Waals surface area contributed by atoms with Crippen molar-refractivity contribution in [2.75, 3.05) is 0 Å². The van der Waals surface area contributed by atoms with Crippen LogP contribution in [0.2, 0.25) is 0 Å². The minimum atomic E-state index is -0.175. The van der Waals surface area contributed by atoms with E-state index in [4.69, 9.17) is 8.83 Å². The fraction of sp³-hybridized carbons (Fsp3) is 0.118. The molecular weight excluding hydrogens is 346 g/mol. The van der Waals surface area contributed by atoms with Crippen molar-refractivity contribution in [2.24, 2.45) is 0 Å². The van der Waals surface area contributed by atoms with Crippen LogP contribution >= 0.6 is 15.9 Å². The maximum atomic E-state index is 12.7. The summed E-state index contributed by atoms with van der Waals surface area (Å²) in [4.78, 5) is 14.4. The van der Waals surface area contributed by atoms with Gasteiger partial charge in [0.2, 0.25) is 0 Å². The molecule has 0 atom stereocenters. The molecule has 2 aromatic heterocycles. The van der Waals surface area contributed by atoms with Gasteiger partial charge in [-0.05, 0) is 45.8 Å². The molecule has 0 bridgehead atoms. The summed E-state index contributed by atoms with van der Waals surface area (Å²) < 4.78 is 11.3. The first-order valence-corrected chi connectivity index (χ1v) is 7.62. The molecule has 5 heteroatoms. The zero-order valence-corrected chi connectivity index (χ0v) is 13.3. The number of hydrogen-bond donors (Lipinski definition) is 0. The molecule has 112 valence electrons. The van der Waals surface area contributed by atoms with Crippen LogP contribution in [0.15, 0.2) is 74.4 Å². The van der Waals surface area contributed by atoms with Crippen LogP contribution in [0.4, 0.5) is 0 Å². The maximum Gasteiger partial charge on any atom is 0.290 e. The third-order valence-corrected chi connectivity index (χ3v) is 3.64. The van der Waals surface area contributed by atoms with E-state index >= 15 is 0 Å². The number of nitrogens with zero attached hydrogens (tertiary/aromatic N) is 1. The van der Waals surface area contributed by atoms with Crippen molar-refractivity contribution in [3.8, 4) is 0 Å². The van der Waals surface area contributed by atoms with Crippen molar-refractivity contribution in [1.82, 2.24) is 4.90 Å². The third kappa shape index (κ3) is 3.49. The lowest BCUT2D eigenvalue weighted by atomic mass is 10.2. The minimum Gasteiger partial charge on any atom is -0.467 e. The monoisotopic (exact) mass is 359 g/mol. The van der Waals surface area contributed by atoms with Crippen molar-refractivity contribution in [2.45, 2.75) is 13.1 Å². The Hall–Kier alpha value is -2.27. The van der Waals surface area contributed by atoms with Gasteiger partial charge in [-0.3, -0.25) is 4.79 Å². The molecular formula is C17H14BrNO3. The van der Waals surface area contributed by atoms with Crippen LogP contribution < -0.4 is 0 Å². The quantitative estimate of drug-likeness (QED) is 0.674. The number of furan rings is 2. The number of carbonyl (C=O) groups excluding carboxylic acids is 1. The SMILES string of the molecule is O=C(c1ccc(Br)o1)N(Cc1ccccc1)Cc1ccco1. The van der Waals surface area contributed by atoms with E-state index < -0.39 is 0 Å². The topological polar surface area (TPSA) is 46.6 Å². The summed E-state index contributed by atoms with van der Waals surface area (Å²) in [6.45, 7) is 0.873. The van der Waals surface area contributed by atoms with Gasteiger partial charge < -0.3 is 13.7 Å². The number of benzene rings is 1. The Morgan fingerprint density at radius 2 is 1.82 bits per heavy atom. The lowest BCUT2D eigenvalue weighted by Crippen LogP contribution is -2.29. The molecule has 0 fully saturated rings. The van der Waals surface area contributed by atoms with Crippen LogP contribution in [0.25, 0.3) is 0 Å². The molecule has 0 unspecified atom stereocenters. The highest BCUT2D eigenvalue weighted by molar-refractivity contribution is 9.10. The molecule has 4 nitrogen and oxygen atoms in total. The van der Waals surface area contributed by atoms with E-state index in [0.717, 1.165) is 11.3 Å². The summed E-state index contributed by atoms with van der Waals surface area (Å²) in [5, 5.41) is 0. The smallest absolute Gasteiger partial charge is 0.290 e. The molecule has 3 aromatic rings. The number of carbonyl (C=O) groups is 1. The highest BCUT2D eigenvalue weighted by atomic mass is 79.9. The fourth-order valence-corrected chi connectivity index (χ4v) is 2.49. The van der Waals surface area contributed by atoms with Crippen LogP contribution in [0, 0.1) is 0 Å². The summed E-state index contributed by atoms with van der Waals surface area (Å²) in [6.07, 6.45) is 1.60. The van der Waals surface area contributed by atoms with Gasteiger partial charge in [-0.2, -0.15) is 0 Å². The number of halogens is 1. The van der Waals surface area contributed by atoms with E-state index in [1.165, 1.54) is 0 Å². The molecule has 0 N–H and O–H groups in total. The van der Waals surface area contributed by atoms with Crippen molar-refractivity contribution in [3.63, 3.8) is 0 Å². The summed E-state index contributed by atoms with van der Waals surface area (Å²) in [7, 11) is 0. The summed E-state index contributed by atoms with van der Waals surface area (Å²) in [6, 6.07) is 16.9. The van der Waals surface area contributed by atoms with E-state index in [1.807, 2.05) is 42.5 Å². The van der Waals surface area contributed by atoms with Crippen LogP contribution in [0.1, 0.15) is 21.9 Å². The molecule has 22 heavy (non-hydrogen) atoms. The van der Waals surface area contributed by atoms with E-state index in [0.29, 0.717) is 23.5 Å². The Balaban J connectivity index is 1.83. The third-order valence-electron chi connectivity index (χ3n) is 3.21. The van der Waals surface area contributed by atoms with Gasteiger partial charge in [0, 0.05) is 6.54 Å². The minimum absolute atomic E-state index is 0.175. The molecule has 2 heterocycles. The molecule has 0 radical (unpaired) electrons. The molecule has 0 aliphatic heterocycles. The van der Waals surface area contributed by atoms with Gasteiger partial charge in [-0.1, -0.05) is 30.3 Å². The predicted molar refractivity (Wildman–Crippen MR) is 85.1 cm³/mol. The van der Waals surface area contributed by atoms with E-state index in [1.54, 1.807) is 23.3 Å². The van der Waals surface area contributed by atoms with Crippen LogP contribution in [0.3, 0.4) is 0 Å². The van der Waals surface area contributed by atoms with Crippen LogP contribution in [0.5, 0.6) is 0 Å². The Labute approximate surface area is 136 Å². The summed E-state index contributed by atoms with van der Waals surface area (Å²) >= 11 is 3.22. The first-order valence-electron chi connectivity index (χ1n) is 6.83. The molecule has 1 aromatic carbocycles. The largest absolute Gasteiger partial charge is 0.467 e. The molecule has 0 spiro atoms. The van der Waals surface area contributed by atoms with Gasteiger partial charge in [-0.15, -0.1) is 0 Å². The maximum absolute atomic E-state index is 12.7. The summed E-state index contributed by atoms with van der Waals surface area (Å²) in [5.41, 5.74) is 1.05. The second kappa shape index (κ2) is 6.66. The van der Waals surface area contributed by atoms with Gasteiger partial charge in [0.25, 0.3) is 5.91 Å². The van der Waals surface area contributed by atoms with E-state index in [-0.39, 0.29) is 5.91 Å². The van der Waals surface area contributed by atoms with Crippen molar-refractivity contribution in [3.05, 3.63) is 82.6 Å². The van der Waals surface area contributed by atoms with Crippen molar-refractivity contribution >= 4 is 21.8 Å². The summed E-state index contributed by atoms with van der Waals surface area (Å²) in [5.74, 6) is 0.857. The first kappa shape index (κ1) is 14.7. The Bertz CT molecular complexity index is 734. The van der Waals surface area contributed by atoms with Crippen LogP contribution in [-0.2, 0) is 13.1 Å². The van der Waals surface area contributed by atoms with E-state index in [9.17, 15) is 4.79 Å². The zero-order valence-electron chi connectivity index (χ0n) is 11.7. The van der Waals surface area contributed by atoms with Gasteiger partial charge in [0.05, 0.1) is 12.8 Å². The number of hydrogen-bond acceptors (Lipinski definition) is 3. The lowest BCUT2D eigenvalue weighted by Gasteiger charge is -2.20. The van der Waals surface area contributed by atoms with Crippen molar-refractivity contribution in [1.29, 1.82) is 0 Å². The molecule has 0 saturated carbocycles. The molecule has 1 amide bonds. The molecule has 0 aliphatic carbocycles. The second-order valence-corrected chi connectivity index (χ2v) is 5.61. The first-order chi connectivity index (χ1) is 10.7. The van der Waals surface area contributed by atoms with Crippen LogP contribution in [-0.4, -0.2) is 10.8 Å². The molecule has 0 saturated heterocycles. The lowest BCUT2D eigenvalue weighted by molar-refractivity contribution is 0.0684. The van der Waals surface area contributed by atoms with Gasteiger partial charge in [-0.25, -0.2) is 0 Å². The predicted octanol–water partition coefficient (Wildman–Crippen LogP) is 4.48. The number of rotatable bonds is 5. The van der Waals surface area contributed by atoms with E-state index in [2.05, 4.69) is 15.9 Å². The Morgan fingerprint density at radius 3 is 2.45 bits per heavy atom. The number of amides is 1. The fourth-order valence-electron chi connectivity index (χ4n) is 2.18. The second-order valence-electron chi connectivity index (χ2n) is 4.83. The average molecular weight is 360 g/mol.